The van der Waals surface area contributed by atoms with Crippen LogP contribution in [0.4, 0.5) is 17.1 Å². The molecule has 1 unspecified atom stereocenters. The second kappa shape index (κ2) is 10.8. The number of hydrogen-bond acceptors (Lipinski definition) is 5. The molecule has 0 aliphatic carbocycles. The lowest BCUT2D eigenvalue weighted by Gasteiger charge is -2.13. The van der Waals surface area contributed by atoms with Crippen molar-refractivity contribution < 1.29 is 14.5 Å². The maximum absolute atomic E-state index is 12.5. The fourth-order valence-corrected chi connectivity index (χ4v) is 3.87. The Balaban J connectivity index is 1.54. The molecule has 1 atom stereocenters. The van der Waals surface area contributed by atoms with Crippen molar-refractivity contribution in [3.8, 4) is 0 Å². The number of carbonyl (C=O) groups is 2. The maximum Gasteiger partial charge on any atom is 0.269 e. The number of carbonyl (C=O) groups excluding carboxylic acids is 2. The lowest BCUT2D eigenvalue weighted by molar-refractivity contribution is -0.384. The van der Waals surface area contributed by atoms with Crippen LogP contribution in [0.1, 0.15) is 42.6 Å². The second-order valence-electron chi connectivity index (χ2n) is 7.81. The van der Waals surface area contributed by atoms with Crippen LogP contribution in [0.15, 0.2) is 77.7 Å². The average molecular weight is 464 g/mol. The first-order chi connectivity index (χ1) is 15.7. The second-order valence-corrected chi connectivity index (χ2v) is 9.22. The van der Waals surface area contributed by atoms with Gasteiger partial charge >= 0.3 is 0 Å². The molecule has 0 bridgehead atoms. The van der Waals surface area contributed by atoms with Crippen LogP contribution in [0.3, 0.4) is 0 Å². The van der Waals surface area contributed by atoms with Crippen molar-refractivity contribution >= 4 is 40.6 Å². The molecule has 3 rings (SSSR count). The molecular weight excluding hydrogens is 438 g/mol. The number of hydrogen-bond donors (Lipinski definition) is 2. The van der Waals surface area contributed by atoms with Crippen molar-refractivity contribution in [2.24, 2.45) is 0 Å². The third-order valence-electron chi connectivity index (χ3n) is 4.98. The van der Waals surface area contributed by atoms with Gasteiger partial charge in [-0.15, -0.1) is 11.8 Å². The van der Waals surface area contributed by atoms with Gasteiger partial charge in [-0.25, -0.2) is 0 Å². The van der Waals surface area contributed by atoms with Gasteiger partial charge in [-0.05, 0) is 66.9 Å². The van der Waals surface area contributed by atoms with E-state index in [2.05, 4.69) is 24.5 Å². The van der Waals surface area contributed by atoms with Crippen molar-refractivity contribution in [3.05, 3.63) is 94.0 Å². The highest BCUT2D eigenvalue weighted by atomic mass is 32.2. The number of nitro groups is 1. The van der Waals surface area contributed by atoms with Crippen LogP contribution in [-0.4, -0.2) is 22.0 Å². The van der Waals surface area contributed by atoms with E-state index < -0.39 is 4.92 Å². The SMILES string of the molecule is CC(Sc1ccc(NC(=O)c2ccc([N+](=O)[O-])cc2)cc1)C(=O)Nc1ccc(C(C)C)cc1. The number of non-ortho nitro benzene ring substituents is 1. The van der Waals surface area contributed by atoms with E-state index in [0.717, 1.165) is 10.6 Å². The Morgan fingerprint density at radius 1 is 0.818 bits per heavy atom. The molecule has 0 radical (unpaired) electrons. The molecule has 3 aromatic carbocycles. The highest BCUT2D eigenvalue weighted by Crippen LogP contribution is 2.26. The summed E-state index contributed by atoms with van der Waals surface area (Å²) in [4.78, 5) is 36.0. The Morgan fingerprint density at radius 2 is 1.36 bits per heavy atom. The summed E-state index contributed by atoms with van der Waals surface area (Å²) in [5.74, 6) is -0.0134. The van der Waals surface area contributed by atoms with E-state index in [4.69, 9.17) is 0 Å². The summed E-state index contributed by atoms with van der Waals surface area (Å²) < 4.78 is 0. The van der Waals surface area contributed by atoms with Crippen molar-refractivity contribution in [2.75, 3.05) is 10.6 Å². The van der Waals surface area contributed by atoms with E-state index in [-0.39, 0.29) is 22.8 Å². The number of nitrogens with zero attached hydrogens (tertiary/aromatic N) is 1. The Bertz CT molecular complexity index is 1130. The number of nitrogens with one attached hydrogen (secondary N) is 2. The summed E-state index contributed by atoms with van der Waals surface area (Å²) in [5, 5.41) is 16.1. The monoisotopic (exact) mass is 463 g/mol. The molecule has 8 heteroatoms. The quantitative estimate of drug-likeness (QED) is 0.239. The Labute approximate surface area is 196 Å². The first-order valence-corrected chi connectivity index (χ1v) is 11.3. The van der Waals surface area contributed by atoms with Gasteiger partial charge in [-0.2, -0.15) is 0 Å². The van der Waals surface area contributed by atoms with Gasteiger partial charge < -0.3 is 10.6 Å². The number of amides is 2. The zero-order chi connectivity index (χ0) is 24.0. The van der Waals surface area contributed by atoms with Gasteiger partial charge in [0.25, 0.3) is 11.6 Å². The minimum Gasteiger partial charge on any atom is -0.325 e. The zero-order valence-electron chi connectivity index (χ0n) is 18.6. The number of anilines is 2. The van der Waals surface area contributed by atoms with Crippen LogP contribution in [-0.2, 0) is 4.79 Å². The summed E-state index contributed by atoms with van der Waals surface area (Å²) >= 11 is 1.42. The van der Waals surface area contributed by atoms with E-state index in [1.165, 1.54) is 41.6 Å². The normalized spacial score (nSPS) is 11.6. The lowest BCUT2D eigenvalue weighted by atomic mass is 10.0. The van der Waals surface area contributed by atoms with E-state index in [1.54, 1.807) is 12.1 Å². The summed E-state index contributed by atoms with van der Waals surface area (Å²) in [6.07, 6.45) is 0. The number of rotatable bonds is 8. The predicted molar refractivity (Wildman–Crippen MR) is 132 cm³/mol. The summed E-state index contributed by atoms with van der Waals surface area (Å²) in [7, 11) is 0. The maximum atomic E-state index is 12.5. The molecule has 0 aromatic heterocycles. The standard InChI is InChI=1S/C25H25N3O4S/c1-16(2)18-4-8-20(9-5-18)26-24(29)17(3)33-23-14-10-21(11-15-23)27-25(30)19-6-12-22(13-7-19)28(31)32/h4-17H,1-3H3,(H,26,29)(H,27,30). The predicted octanol–water partition coefficient (Wildman–Crippen LogP) is 6.09. The van der Waals surface area contributed by atoms with Crippen LogP contribution in [0.5, 0.6) is 0 Å². The smallest absolute Gasteiger partial charge is 0.269 e. The van der Waals surface area contributed by atoms with Crippen LogP contribution >= 0.6 is 11.8 Å². The van der Waals surface area contributed by atoms with Gasteiger partial charge in [0.05, 0.1) is 10.2 Å². The van der Waals surface area contributed by atoms with Crippen molar-refractivity contribution in [3.63, 3.8) is 0 Å². The molecule has 0 aliphatic rings. The molecule has 0 saturated heterocycles. The summed E-state index contributed by atoms with van der Waals surface area (Å²) in [6, 6.07) is 20.4. The molecule has 0 saturated carbocycles. The summed E-state index contributed by atoms with van der Waals surface area (Å²) in [6.45, 7) is 6.09. The molecule has 0 heterocycles. The fourth-order valence-electron chi connectivity index (χ4n) is 3.01. The van der Waals surface area contributed by atoms with Gasteiger partial charge in [0.1, 0.15) is 0 Å². The summed E-state index contributed by atoms with van der Waals surface area (Å²) in [5.41, 5.74) is 2.83. The highest BCUT2D eigenvalue weighted by Gasteiger charge is 2.15. The fraction of sp³-hybridized carbons (Fsp3) is 0.200. The van der Waals surface area contributed by atoms with Crippen LogP contribution < -0.4 is 10.6 Å². The van der Waals surface area contributed by atoms with E-state index in [0.29, 0.717) is 17.2 Å². The largest absolute Gasteiger partial charge is 0.325 e. The van der Waals surface area contributed by atoms with Crippen LogP contribution in [0.25, 0.3) is 0 Å². The number of nitro benzene ring substituents is 1. The Kier molecular flexibility index (Phi) is 7.84. The molecule has 7 nitrogen and oxygen atoms in total. The minimum atomic E-state index is -0.512. The number of benzene rings is 3. The third kappa shape index (κ3) is 6.66. The van der Waals surface area contributed by atoms with Crippen LogP contribution in [0.2, 0.25) is 0 Å². The molecular formula is C25H25N3O4S. The third-order valence-corrected chi connectivity index (χ3v) is 6.09. The van der Waals surface area contributed by atoms with E-state index >= 15 is 0 Å². The topological polar surface area (TPSA) is 101 Å². The van der Waals surface area contributed by atoms with Gasteiger partial charge in [0, 0.05) is 34.0 Å². The van der Waals surface area contributed by atoms with E-state index in [1.807, 2.05) is 43.3 Å². The van der Waals surface area contributed by atoms with Crippen molar-refractivity contribution in [1.29, 1.82) is 0 Å². The first kappa shape index (κ1) is 24.0. The lowest BCUT2D eigenvalue weighted by Crippen LogP contribution is -2.22. The molecule has 0 fully saturated rings. The molecule has 0 aliphatic heterocycles. The van der Waals surface area contributed by atoms with Gasteiger partial charge in [-0.1, -0.05) is 26.0 Å². The Morgan fingerprint density at radius 3 is 1.91 bits per heavy atom. The van der Waals surface area contributed by atoms with Gasteiger partial charge in [-0.3, -0.25) is 19.7 Å². The molecule has 2 N–H and O–H groups in total. The molecule has 170 valence electrons. The zero-order valence-corrected chi connectivity index (χ0v) is 19.4. The molecule has 0 spiro atoms. The molecule has 3 aromatic rings. The highest BCUT2D eigenvalue weighted by molar-refractivity contribution is 8.00. The molecule has 2 amide bonds. The van der Waals surface area contributed by atoms with E-state index in [9.17, 15) is 19.7 Å². The van der Waals surface area contributed by atoms with Gasteiger partial charge in [0.15, 0.2) is 0 Å². The average Bonchev–Trinajstić information content (AvgIpc) is 2.80. The van der Waals surface area contributed by atoms with Crippen molar-refractivity contribution in [1.82, 2.24) is 0 Å². The molecule has 33 heavy (non-hydrogen) atoms. The minimum absolute atomic E-state index is 0.0707. The van der Waals surface area contributed by atoms with Crippen molar-refractivity contribution in [2.45, 2.75) is 36.8 Å². The number of thioether (sulfide) groups is 1. The van der Waals surface area contributed by atoms with Crippen LogP contribution in [0, 0.1) is 10.1 Å². The van der Waals surface area contributed by atoms with Gasteiger partial charge in [0.2, 0.25) is 5.91 Å². The first-order valence-electron chi connectivity index (χ1n) is 10.5. The Hall–Kier alpha value is -3.65.